The first kappa shape index (κ1) is 12.5. The summed E-state index contributed by atoms with van der Waals surface area (Å²) in [7, 11) is 0. The molecule has 88 valence electrons. The summed E-state index contributed by atoms with van der Waals surface area (Å²) in [6.07, 6.45) is 5.79. The summed E-state index contributed by atoms with van der Waals surface area (Å²) in [6.45, 7) is 5.86. The molecule has 1 fully saturated rings. The minimum absolute atomic E-state index is 0.0694. The van der Waals surface area contributed by atoms with Gasteiger partial charge >= 0.3 is 5.97 Å². The highest BCUT2D eigenvalue weighted by atomic mass is 16.6. The van der Waals surface area contributed by atoms with Gasteiger partial charge < -0.3 is 9.47 Å². The van der Waals surface area contributed by atoms with E-state index in [-0.39, 0.29) is 24.3 Å². The summed E-state index contributed by atoms with van der Waals surface area (Å²) in [5, 5.41) is 0. The monoisotopic (exact) mass is 214 g/mol. The predicted octanol–water partition coefficient (Wildman–Crippen LogP) is 2.68. The topological polar surface area (TPSA) is 35.5 Å². The molecule has 3 nitrogen and oxygen atoms in total. The lowest BCUT2D eigenvalue weighted by atomic mass is 9.98. The molecule has 1 saturated carbocycles. The molecule has 1 rings (SSSR count). The lowest BCUT2D eigenvalue weighted by Crippen LogP contribution is -2.28. The Morgan fingerprint density at radius 1 is 1.20 bits per heavy atom. The number of carbonyl (C=O) groups is 1. The average Bonchev–Trinajstić information content (AvgIpc) is 2.15. The molecule has 0 heterocycles. The third-order valence-electron chi connectivity index (χ3n) is 2.47. The van der Waals surface area contributed by atoms with Gasteiger partial charge in [0.1, 0.15) is 12.7 Å². The fourth-order valence-electron chi connectivity index (χ4n) is 1.68. The Morgan fingerprint density at radius 2 is 1.80 bits per heavy atom. The molecule has 1 aliphatic rings. The van der Waals surface area contributed by atoms with Crippen LogP contribution in [-0.4, -0.2) is 24.3 Å². The first-order valence-corrected chi connectivity index (χ1v) is 5.81. The SMILES string of the molecule is CC(C)(C)OCC(=O)OC1CCCCC1. The van der Waals surface area contributed by atoms with Gasteiger partial charge in [-0.25, -0.2) is 4.79 Å². The van der Waals surface area contributed by atoms with Crippen molar-refractivity contribution >= 4 is 5.97 Å². The Hall–Kier alpha value is -0.570. The van der Waals surface area contributed by atoms with Gasteiger partial charge in [-0.05, 0) is 46.5 Å². The van der Waals surface area contributed by atoms with Gasteiger partial charge in [-0.2, -0.15) is 0 Å². The molecule has 0 aromatic rings. The molecule has 0 radical (unpaired) electrons. The first-order valence-electron chi connectivity index (χ1n) is 5.81. The number of rotatable bonds is 3. The third-order valence-corrected chi connectivity index (χ3v) is 2.47. The van der Waals surface area contributed by atoms with Gasteiger partial charge in [0, 0.05) is 0 Å². The molecule has 0 saturated heterocycles. The van der Waals surface area contributed by atoms with Gasteiger partial charge in [-0.1, -0.05) is 6.42 Å². The van der Waals surface area contributed by atoms with Crippen LogP contribution in [0.4, 0.5) is 0 Å². The standard InChI is InChI=1S/C12H22O3/c1-12(2,3)14-9-11(13)15-10-7-5-4-6-8-10/h10H,4-9H2,1-3H3. The van der Waals surface area contributed by atoms with Crippen LogP contribution in [-0.2, 0) is 14.3 Å². The number of hydrogen-bond donors (Lipinski definition) is 0. The molecule has 3 heteroatoms. The lowest BCUT2D eigenvalue weighted by Gasteiger charge is -2.23. The molecule has 0 bridgehead atoms. The van der Waals surface area contributed by atoms with Crippen LogP contribution < -0.4 is 0 Å². The number of hydrogen-bond acceptors (Lipinski definition) is 3. The second kappa shape index (κ2) is 5.50. The van der Waals surface area contributed by atoms with E-state index in [2.05, 4.69) is 0 Å². The summed E-state index contributed by atoms with van der Waals surface area (Å²) < 4.78 is 10.7. The fourth-order valence-corrected chi connectivity index (χ4v) is 1.68. The average molecular weight is 214 g/mol. The van der Waals surface area contributed by atoms with Gasteiger partial charge in [0.25, 0.3) is 0 Å². The summed E-state index contributed by atoms with van der Waals surface area (Å²) in [5.74, 6) is -0.225. The molecule has 0 N–H and O–H groups in total. The van der Waals surface area contributed by atoms with Crippen molar-refractivity contribution in [2.75, 3.05) is 6.61 Å². The second-order valence-electron chi connectivity index (χ2n) is 5.15. The maximum absolute atomic E-state index is 11.4. The van der Waals surface area contributed by atoms with Crippen LogP contribution in [0.5, 0.6) is 0 Å². The minimum Gasteiger partial charge on any atom is -0.461 e. The second-order valence-corrected chi connectivity index (χ2v) is 5.15. The molecule has 0 atom stereocenters. The van der Waals surface area contributed by atoms with Crippen molar-refractivity contribution in [3.8, 4) is 0 Å². The van der Waals surface area contributed by atoms with Crippen LogP contribution in [0, 0.1) is 0 Å². The van der Waals surface area contributed by atoms with Crippen molar-refractivity contribution < 1.29 is 14.3 Å². The summed E-state index contributed by atoms with van der Waals surface area (Å²) >= 11 is 0. The van der Waals surface area contributed by atoms with E-state index < -0.39 is 0 Å². The van der Waals surface area contributed by atoms with Gasteiger partial charge in [-0.15, -0.1) is 0 Å². The van der Waals surface area contributed by atoms with E-state index >= 15 is 0 Å². The Kier molecular flexibility index (Phi) is 4.58. The molecule has 15 heavy (non-hydrogen) atoms. The Labute approximate surface area is 92.1 Å². The van der Waals surface area contributed by atoms with Gasteiger partial charge in [0.15, 0.2) is 0 Å². The van der Waals surface area contributed by atoms with Crippen molar-refractivity contribution in [2.45, 2.75) is 64.6 Å². The summed E-state index contributed by atoms with van der Waals surface area (Å²) in [4.78, 5) is 11.4. The molecular formula is C12H22O3. The summed E-state index contributed by atoms with van der Waals surface area (Å²) in [5.41, 5.74) is -0.272. The van der Waals surface area contributed by atoms with E-state index in [4.69, 9.17) is 9.47 Å². The highest BCUT2D eigenvalue weighted by molar-refractivity contribution is 5.70. The normalized spacial score (nSPS) is 18.9. The zero-order chi connectivity index (χ0) is 11.3. The molecule has 0 aromatic carbocycles. The highest BCUT2D eigenvalue weighted by Crippen LogP contribution is 2.20. The molecule has 0 aliphatic heterocycles. The van der Waals surface area contributed by atoms with Crippen LogP contribution in [0.15, 0.2) is 0 Å². The molecule has 1 aliphatic carbocycles. The summed E-state index contributed by atoms with van der Waals surface area (Å²) in [6, 6.07) is 0. The Bertz CT molecular complexity index is 199. The number of esters is 1. The van der Waals surface area contributed by atoms with E-state index in [1.807, 2.05) is 20.8 Å². The van der Waals surface area contributed by atoms with Crippen LogP contribution in [0.1, 0.15) is 52.9 Å². The van der Waals surface area contributed by atoms with Crippen LogP contribution >= 0.6 is 0 Å². The lowest BCUT2D eigenvalue weighted by molar-refractivity contribution is -0.160. The van der Waals surface area contributed by atoms with E-state index in [1.165, 1.54) is 19.3 Å². The zero-order valence-electron chi connectivity index (χ0n) is 10.0. The molecule has 0 aromatic heterocycles. The molecular weight excluding hydrogens is 192 g/mol. The Balaban J connectivity index is 2.17. The predicted molar refractivity (Wildman–Crippen MR) is 58.7 cm³/mol. The Morgan fingerprint density at radius 3 is 2.33 bits per heavy atom. The fraction of sp³-hybridized carbons (Fsp3) is 0.917. The zero-order valence-corrected chi connectivity index (χ0v) is 10.0. The number of carbonyl (C=O) groups excluding carboxylic acids is 1. The highest BCUT2D eigenvalue weighted by Gasteiger charge is 2.19. The van der Waals surface area contributed by atoms with Crippen molar-refractivity contribution in [1.82, 2.24) is 0 Å². The maximum Gasteiger partial charge on any atom is 0.332 e. The minimum atomic E-state index is -0.272. The van der Waals surface area contributed by atoms with E-state index in [0.717, 1.165) is 12.8 Å². The van der Waals surface area contributed by atoms with Gasteiger partial charge in [0.2, 0.25) is 0 Å². The third kappa shape index (κ3) is 5.78. The van der Waals surface area contributed by atoms with E-state index in [9.17, 15) is 4.79 Å². The molecule has 0 unspecified atom stereocenters. The molecule has 0 spiro atoms. The van der Waals surface area contributed by atoms with Crippen LogP contribution in [0.2, 0.25) is 0 Å². The van der Waals surface area contributed by atoms with Crippen LogP contribution in [0.25, 0.3) is 0 Å². The molecule has 0 amide bonds. The van der Waals surface area contributed by atoms with Gasteiger partial charge in [0.05, 0.1) is 5.60 Å². The van der Waals surface area contributed by atoms with E-state index in [1.54, 1.807) is 0 Å². The largest absolute Gasteiger partial charge is 0.461 e. The van der Waals surface area contributed by atoms with Crippen molar-refractivity contribution in [2.24, 2.45) is 0 Å². The van der Waals surface area contributed by atoms with E-state index in [0.29, 0.717) is 0 Å². The maximum atomic E-state index is 11.4. The first-order chi connectivity index (χ1) is 6.97. The van der Waals surface area contributed by atoms with Crippen LogP contribution in [0.3, 0.4) is 0 Å². The van der Waals surface area contributed by atoms with Crippen molar-refractivity contribution in [3.63, 3.8) is 0 Å². The smallest absolute Gasteiger partial charge is 0.332 e. The quantitative estimate of drug-likeness (QED) is 0.677. The number of ether oxygens (including phenoxy) is 2. The van der Waals surface area contributed by atoms with Gasteiger partial charge in [-0.3, -0.25) is 0 Å². The van der Waals surface area contributed by atoms with Crippen molar-refractivity contribution in [3.05, 3.63) is 0 Å². The van der Waals surface area contributed by atoms with Crippen molar-refractivity contribution in [1.29, 1.82) is 0 Å².